The van der Waals surface area contributed by atoms with Crippen molar-refractivity contribution in [3.8, 4) is 5.75 Å². The second kappa shape index (κ2) is 17.3. The van der Waals surface area contributed by atoms with Crippen molar-refractivity contribution in [3.05, 3.63) is 52.4 Å². The van der Waals surface area contributed by atoms with Crippen LogP contribution in [0.5, 0.6) is 5.75 Å². The van der Waals surface area contributed by atoms with Gasteiger partial charge in [-0.1, -0.05) is 11.2 Å². The van der Waals surface area contributed by atoms with Crippen LogP contribution >= 0.6 is 23.1 Å². The molecule has 1 aromatic heterocycles. The standard InChI is InChI=1S/C30H34FN5O9S2.C2HF3O2/c1-29(2,3)26(40)44-14-43-25(39)21-15(11-42-17-9-7-8-16(31)10-17)12-46-24-20(23(38)36(21)24)34-22(37)19(18-13-47-28(32)33-18)35-45-27(41)30(4,5)6;3-2(4,5)1(6)7/h7-10,13,20,24H,11-12,14H2,1-6H3,(H2,32,33)(H,34,37);(H,6,7)/t20?,24-;/m0./s1. The zero-order chi connectivity index (χ0) is 40.8. The molecule has 4 rings (SSSR count). The fourth-order valence-electron chi connectivity index (χ4n) is 3.97. The Balaban J connectivity index is 0.00000102. The quantitative estimate of drug-likeness (QED) is 0.0594. The Hall–Kier alpha value is -5.25. The van der Waals surface area contributed by atoms with Gasteiger partial charge in [0.25, 0.3) is 11.8 Å². The molecule has 0 bridgehead atoms. The molecule has 0 radical (unpaired) electrons. The first kappa shape index (κ1) is 43.2. The first-order valence-electron chi connectivity index (χ1n) is 15.4. The van der Waals surface area contributed by atoms with Gasteiger partial charge in [0, 0.05) is 22.8 Å². The summed E-state index contributed by atoms with van der Waals surface area (Å²) in [5, 5.41) is 14.3. The Kier molecular flexibility index (Phi) is 13.8. The number of thiazole rings is 1. The lowest BCUT2D eigenvalue weighted by Crippen LogP contribution is -2.71. The molecule has 2 atom stereocenters. The zero-order valence-corrected chi connectivity index (χ0v) is 31.1. The number of hydrogen-bond acceptors (Lipinski definition) is 15. The lowest BCUT2D eigenvalue weighted by atomic mass is 9.98. The summed E-state index contributed by atoms with van der Waals surface area (Å²) in [5.74, 6) is -6.76. The number of thioether (sulfide) groups is 1. The van der Waals surface area contributed by atoms with Crippen LogP contribution in [0.2, 0.25) is 0 Å². The number of carbonyl (C=O) groups is 6. The van der Waals surface area contributed by atoms with Crippen LogP contribution in [-0.2, 0) is 43.1 Å². The lowest BCUT2D eigenvalue weighted by molar-refractivity contribution is -0.192. The molecule has 4 N–H and O–H groups in total. The number of amides is 2. The van der Waals surface area contributed by atoms with Crippen molar-refractivity contribution in [1.82, 2.24) is 15.2 Å². The molecule has 16 nitrogen and oxygen atoms in total. The molecule has 3 heterocycles. The van der Waals surface area contributed by atoms with Crippen molar-refractivity contribution in [2.45, 2.75) is 59.1 Å². The zero-order valence-electron chi connectivity index (χ0n) is 29.4. The smallest absolute Gasteiger partial charge is 0.489 e. The van der Waals surface area contributed by atoms with Gasteiger partial charge in [0.1, 0.15) is 41.0 Å². The summed E-state index contributed by atoms with van der Waals surface area (Å²) in [5.41, 5.74) is 3.78. The number of ether oxygens (including phenoxy) is 3. The van der Waals surface area contributed by atoms with Gasteiger partial charge in [-0.25, -0.2) is 23.8 Å². The van der Waals surface area contributed by atoms with E-state index in [2.05, 4.69) is 15.5 Å². The number of hydrogen-bond donors (Lipinski definition) is 3. The van der Waals surface area contributed by atoms with Crippen LogP contribution in [0.25, 0.3) is 0 Å². The maximum absolute atomic E-state index is 13.7. The lowest BCUT2D eigenvalue weighted by Gasteiger charge is -2.49. The normalized spacial score (nSPS) is 17.3. The summed E-state index contributed by atoms with van der Waals surface area (Å²) < 4.78 is 61.4. The summed E-state index contributed by atoms with van der Waals surface area (Å²) in [6.45, 7) is 8.81. The fourth-order valence-corrected chi connectivity index (χ4v) is 5.84. The number of esters is 2. The molecule has 294 valence electrons. The molecule has 1 fully saturated rings. The van der Waals surface area contributed by atoms with Crippen molar-refractivity contribution < 1.29 is 70.5 Å². The van der Waals surface area contributed by atoms with Gasteiger partial charge in [-0.15, -0.1) is 23.1 Å². The molecule has 1 unspecified atom stereocenters. The number of anilines is 1. The molecule has 2 aliphatic rings. The molecule has 0 saturated carbocycles. The van der Waals surface area contributed by atoms with E-state index >= 15 is 0 Å². The number of halogens is 4. The van der Waals surface area contributed by atoms with Crippen molar-refractivity contribution in [2.75, 3.05) is 24.9 Å². The molecular weight excluding hydrogens is 771 g/mol. The molecule has 1 aromatic carbocycles. The fraction of sp³-hybridized carbons (Fsp3) is 0.438. The Morgan fingerprint density at radius 2 is 1.69 bits per heavy atom. The minimum absolute atomic E-state index is 0.0254. The van der Waals surface area contributed by atoms with Crippen molar-refractivity contribution in [2.24, 2.45) is 16.0 Å². The molecule has 2 aromatic rings. The number of carboxylic acid groups (broad SMARTS) is 1. The van der Waals surface area contributed by atoms with Gasteiger partial charge in [0.15, 0.2) is 10.8 Å². The molecule has 22 heteroatoms. The van der Waals surface area contributed by atoms with Crippen LogP contribution in [0, 0.1) is 16.6 Å². The first-order valence-corrected chi connectivity index (χ1v) is 17.4. The Morgan fingerprint density at radius 1 is 1.06 bits per heavy atom. The molecule has 2 amide bonds. The molecule has 1 saturated heterocycles. The van der Waals surface area contributed by atoms with Gasteiger partial charge < -0.3 is 35.2 Å². The van der Waals surface area contributed by atoms with Crippen LogP contribution in [0.4, 0.5) is 22.7 Å². The topological polar surface area (TPSA) is 226 Å². The van der Waals surface area contributed by atoms with Gasteiger partial charge >= 0.3 is 30.1 Å². The minimum Gasteiger partial charge on any atom is -0.489 e. The second-order valence-corrected chi connectivity index (χ2v) is 15.2. The monoisotopic (exact) mass is 805 g/mol. The van der Waals surface area contributed by atoms with E-state index in [-0.39, 0.29) is 40.3 Å². The number of nitrogen functional groups attached to an aromatic ring is 1. The Labute approximate surface area is 313 Å². The van der Waals surface area contributed by atoms with Crippen LogP contribution in [-0.4, -0.2) is 93.1 Å². The Morgan fingerprint density at radius 3 is 2.22 bits per heavy atom. The summed E-state index contributed by atoms with van der Waals surface area (Å²) in [6, 6.07) is 4.27. The number of nitrogens with zero attached hydrogens (tertiary/aromatic N) is 3. The van der Waals surface area contributed by atoms with Crippen LogP contribution in [0.1, 0.15) is 47.2 Å². The largest absolute Gasteiger partial charge is 0.490 e. The molecule has 2 aliphatic heterocycles. The van der Waals surface area contributed by atoms with Crippen LogP contribution in [0.3, 0.4) is 0 Å². The van der Waals surface area contributed by atoms with Crippen LogP contribution < -0.4 is 15.8 Å². The predicted molar refractivity (Wildman–Crippen MR) is 183 cm³/mol. The van der Waals surface area contributed by atoms with E-state index in [1.54, 1.807) is 41.5 Å². The maximum Gasteiger partial charge on any atom is 0.490 e. The SMILES string of the molecule is CC(C)(C)C(=O)OCOC(=O)C1=C(COc2cccc(F)c2)CS[C@H]2C(NC(=O)C(=NOC(=O)C(C)(C)C)c3csc(N)n3)C(=O)N12.O=C(O)C(F)(F)F. The van der Waals surface area contributed by atoms with Gasteiger partial charge in [-0.2, -0.15) is 13.2 Å². The van der Waals surface area contributed by atoms with E-state index in [1.165, 1.54) is 35.3 Å². The van der Waals surface area contributed by atoms with Gasteiger partial charge in [-0.3, -0.25) is 19.3 Å². The third-order valence-corrected chi connectivity index (χ3v) is 8.80. The van der Waals surface area contributed by atoms with Crippen LogP contribution in [0.15, 0.2) is 46.1 Å². The summed E-state index contributed by atoms with van der Waals surface area (Å²) in [7, 11) is 0. The highest BCUT2D eigenvalue weighted by Crippen LogP contribution is 2.41. The van der Waals surface area contributed by atoms with Gasteiger partial charge in [-0.05, 0) is 53.7 Å². The molecular formula is C32H35F4N5O11S2. The number of fused-ring (bicyclic) bond motifs is 1. The average molecular weight is 806 g/mol. The number of aliphatic carboxylic acids is 1. The molecule has 0 aliphatic carbocycles. The number of rotatable bonds is 10. The van der Waals surface area contributed by atoms with E-state index in [1.807, 2.05) is 0 Å². The third-order valence-electron chi connectivity index (χ3n) is 6.78. The number of oxime groups is 1. The number of alkyl halides is 3. The highest BCUT2D eigenvalue weighted by atomic mass is 32.2. The number of β-lactam (4-membered cyclic amide) rings is 1. The first-order chi connectivity index (χ1) is 24.9. The number of nitrogens with two attached hydrogens (primary N) is 1. The highest BCUT2D eigenvalue weighted by molar-refractivity contribution is 8.00. The Bertz CT molecular complexity index is 1850. The van der Waals surface area contributed by atoms with E-state index in [4.69, 9.17) is 34.7 Å². The van der Waals surface area contributed by atoms with Crippen molar-refractivity contribution in [3.63, 3.8) is 0 Å². The number of benzene rings is 1. The highest BCUT2D eigenvalue weighted by Gasteiger charge is 2.55. The van der Waals surface area contributed by atoms with E-state index in [9.17, 15) is 41.5 Å². The van der Waals surface area contributed by atoms with Gasteiger partial charge in [0.05, 0.1) is 10.8 Å². The van der Waals surface area contributed by atoms with E-state index < -0.39 is 76.7 Å². The number of nitrogens with one attached hydrogen (secondary N) is 1. The molecule has 0 spiro atoms. The minimum atomic E-state index is -5.08. The average Bonchev–Trinajstić information content (AvgIpc) is 3.50. The van der Waals surface area contributed by atoms with E-state index in [0.29, 0.717) is 5.57 Å². The number of carbonyl (C=O) groups excluding carboxylic acids is 5. The summed E-state index contributed by atoms with van der Waals surface area (Å²) in [6.07, 6.45) is -5.08. The number of carboxylic acids is 1. The molecule has 54 heavy (non-hydrogen) atoms. The van der Waals surface area contributed by atoms with Crippen molar-refractivity contribution in [1.29, 1.82) is 0 Å². The van der Waals surface area contributed by atoms with E-state index in [0.717, 1.165) is 22.3 Å². The van der Waals surface area contributed by atoms with Crippen molar-refractivity contribution >= 4 is 69.6 Å². The second-order valence-electron chi connectivity index (χ2n) is 13.2. The number of aromatic nitrogens is 1. The third kappa shape index (κ3) is 11.4. The van der Waals surface area contributed by atoms with Gasteiger partial charge in [0.2, 0.25) is 6.79 Å². The summed E-state index contributed by atoms with van der Waals surface area (Å²) >= 11 is 2.25. The maximum atomic E-state index is 13.7. The summed E-state index contributed by atoms with van der Waals surface area (Å²) in [4.78, 5) is 83.8. The predicted octanol–water partition coefficient (Wildman–Crippen LogP) is 3.61.